The number of carbonyl (C=O) groups excluding carboxylic acids is 1. The zero-order valence-corrected chi connectivity index (χ0v) is 8.73. The number of aldehydes is 1. The van der Waals surface area contributed by atoms with Gasteiger partial charge in [0.15, 0.2) is 0 Å². The average molecular weight is 202 g/mol. The molecule has 1 spiro atoms. The average Bonchev–Trinajstić information content (AvgIpc) is 2.62. The predicted octanol–water partition coefficient (Wildman–Crippen LogP) is 2.04. The molecule has 2 aliphatic rings. The first-order chi connectivity index (χ1) is 7.20. The van der Waals surface area contributed by atoms with Gasteiger partial charge in [0, 0.05) is 11.3 Å². The van der Waals surface area contributed by atoms with E-state index in [2.05, 4.69) is 6.92 Å². The van der Waals surface area contributed by atoms with Crippen molar-refractivity contribution in [2.75, 3.05) is 0 Å². The van der Waals surface area contributed by atoms with E-state index in [1.165, 1.54) is 11.1 Å². The van der Waals surface area contributed by atoms with Crippen molar-refractivity contribution in [3.05, 3.63) is 29.3 Å². The van der Waals surface area contributed by atoms with Crippen molar-refractivity contribution < 1.29 is 9.90 Å². The Labute approximate surface area is 88.9 Å². The van der Waals surface area contributed by atoms with Crippen LogP contribution in [0.3, 0.4) is 0 Å². The molecule has 15 heavy (non-hydrogen) atoms. The molecule has 0 bridgehead atoms. The summed E-state index contributed by atoms with van der Waals surface area (Å²) in [4.78, 5) is 11.0. The Kier molecular flexibility index (Phi) is 1.57. The first kappa shape index (κ1) is 8.96. The van der Waals surface area contributed by atoms with Crippen LogP contribution >= 0.6 is 0 Å². The molecule has 1 saturated carbocycles. The predicted molar refractivity (Wildman–Crippen MR) is 56.8 cm³/mol. The molecule has 2 aliphatic carbocycles. The monoisotopic (exact) mass is 202 g/mol. The second-order valence-corrected chi connectivity index (χ2v) is 4.83. The van der Waals surface area contributed by atoms with Crippen LogP contribution in [-0.2, 0) is 16.6 Å². The van der Waals surface area contributed by atoms with Gasteiger partial charge >= 0.3 is 0 Å². The molecule has 1 fully saturated rings. The number of phenols is 1. The Morgan fingerprint density at radius 1 is 1.53 bits per heavy atom. The molecular formula is C13H14O2. The topological polar surface area (TPSA) is 37.3 Å². The van der Waals surface area contributed by atoms with Crippen molar-refractivity contribution >= 4 is 6.29 Å². The molecule has 0 heterocycles. The lowest BCUT2D eigenvalue weighted by molar-refractivity contribution is -0.109. The summed E-state index contributed by atoms with van der Waals surface area (Å²) in [6.45, 7) is 2.15. The summed E-state index contributed by atoms with van der Waals surface area (Å²) in [5.41, 5.74) is 2.64. The van der Waals surface area contributed by atoms with Crippen LogP contribution in [0.25, 0.3) is 0 Å². The Morgan fingerprint density at radius 3 is 3.00 bits per heavy atom. The molecule has 0 saturated heterocycles. The van der Waals surface area contributed by atoms with E-state index < -0.39 is 0 Å². The lowest BCUT2D eigenvalue weighted by Crippen LogP contribution is -2.06. The minimum Gasteiger partial charge on any atom is -0.508 e. The number of hydrogen-bond acceptors (Lipinski definition) is 2. The van der Waals surface area contributed by atoms with Gasteiger partial charge in [0.2, 0.25) is 0 Å². The SMILES string of the molecule is C[C@@H]1C(C=O)C12CCc1cc(O)ccc12. The van der Waals surface area contributed by atoms with Crippen molar-refractivity contribution in [2.45, 2.75) is 25.2 Å². The lowest BCUT2D eigenvalue weighted by atomic mass is 9.94. The molecule has 3 atom stereocenters. The highest BCUT2D eigenvalue weighted by atomic mass is 16.3. The van der Waals surface area contributed by atoms with Gasteiger partial charge in [0.25, 0.3) is 0 Å². The van der Waals surface area contributed by atoms with Crippen LogP contribution < -0.4 is 0 Å². The van der Waals surface area contributed by atoms with Gasteiger partial charge in [-0.15, -0.1) is 0 Å². The van der Waals surface area contributed by atoms with Gasteiger partial charge in [0.1, 0.15) is 12.0 Å². The fourth-order valence-corrected chi connectivity index (χ4v) is 3.44. The van der Waals surface area contributed by atoms with E-state index in [9.17, 15) is 9.90 Å². The summed E-state index contributed by atoms with van der Waals surface area (Å²) >= 11 is 0. The Balaban J connectivity index is 2.10. The smallest absolute Gasteiger partial charge is 0.124 e. The molecule has 1 N–H and O–H groups in total. The van der Waals surface area contributed by atoms with E-state index >= 15 is 0 Å². The normalized spacial score (nSPS) is 36.6. The van der Waals surface area contributed by atoms with Crippen molar-refractivity contribution in [2.24, 2.45) is 11.8 Å². The second-order valence-electron chi connectivity index (χ2n) is 4.83. The zero-order chi connectivity index (χ0) is 10.6. The molecule has 78 valence electrons. The van der Waals surface area contributed by atoms with Crippen LogP contribution in [0.2, 0.25) is 0 Å². The largest absolute Gasteiger partial charge is 0.508 e. The van der Waals surface area contributed by atoms with Crippen LogP contribution in [0, 0.1) is 11.8 Å². The Bertz CT molecular complexity index is 438. The molecular weight excluding hydrogens is 188 g/mol. The quantitative estimate of drug-likeness (QED) is 0.707. The Hall–Kier alpha value is -1.31. The van der Waals surface area contributed by atoms with Gasteiger partial charge in [-0.25, -0.2) is 0 Å². The summed E-state index contributed by atoms with van der Waals surface area (Å²) in [6.07, 6.45) is 3.17. The first-order valence-corrected chi connectivity index (χ1v) is 5.48. The fourth-order valence-electron chi connectivity index (χ4n) is 3.44. The third-order valence-corrected chi connectivity index (χ3v) is 4.38. The van der Waals surface area contributed by atoms with Crippen LogP contribution in [0.4, 0.5) is 0 Å². The fraction of sp³-hybridized carbons (Fsp3) is 0.462. The standard InChI is InChI=1S/C13H14O2/c1-8-12(7-14)13(8)5-4-9-6-10(15)2-3-11(9)13/h2-3,6-8,12,15H,4-5H2,1H3/t8-,12?,13?/m1/s1. The molecule has 1 aromatic carbocycles. The van der Waals surface area contributed by atoms with E-state index in [0.717, 1.165) is 19.1 Å². The van der Waals surface area contributed by atoms with Gasteiger partial charge in [-0.3, -0.25) is 0 Å². The zero-order valence-electron chi connectivity index (χ0n) is 8.73. The van der Waals surface area contributed by atoms with Gasteiger partial charge in [-0.05, 0) is 42.0 Å². The highest BCUT2D eigenvalue weighted by Gasteiger charge is 2.64. The first-order valence-electron chi connectivity index (χ1n) is 5.48. The van der Waals surface area contributed by atoms with Gasteiger partial charge in [-0.1, -0.05) is 13.0 Å². The summed E-state index contributed by atoms with van der Waals surface area (Å²) < 4.78 is 0. The lowest BCUT2D eigenvalue weighted by Gasteiger charge is -2.10. The van der Waals surface area contributed by atoms with Crippen molar-refractivity contribution in [1.29, 1.82) is 0 Å². The number of aromatic hydroxyl groups is 1. The molecule has 0 aromatic heterocycles. The number of rotatable bonds is 1. The van der Waals surface area contributed by atoms with Crippen LogP contribution in [-0.4, -0.2) is 11.4 Å². The molecule has 3 rings (SSSR count). The molecule has 1 aromatic rings. The maximum Gasteiger partial charge on any atom is 0.124 e. The van der Waals surface area contributed by atoms with Crippen LogP contribution in [0.15, 0.2) is 18.2 Å². The van der Waals surface area contributed by atoms with E-state index in [4.69, 9.17) is 0 Å². The number of fused-ring (bicyclic) bond motifs is 2. The summed E-state index contributed by atoms with van der Waals surface area (Å²) in [5.74, 6) is 1.01. The van der Waals surface area contributed by atoms with Gasteiger partial charge in [-0.2, -0.15) is 0 Å². The summed E-state index contributed by atoms with van der Waals surface area (Å²) in [7, 11) is 0. The highest BCUT2D eigenvalue weighted by Crippen LogP contribution is 2.65. The summed E-state index contributed by atoms with van der Waals surface area (Å²) in [6, 6.07) is 5.58. The number of phenolic OH excluding ortho intramolecular Hbond substituents is 1. The van der Waals surface area contributed by atoms with E-state index in [1.54, 1.807) is 6.07 Å². The Morgan fingerprint density at radius 2 is 2.33 bits per heavy atom. The third kappa shape index (κ3) is 0.921. The molecule has 2 nitrogen and oxygen atoms in total. The minimum atomic E-state index is 0.116. The molecule has 2 unspecified atom stereocenters. The van der Waals surface area contributed by atoms with Crippen molar-refractivity contribution in [3.8, 4) is 5.75 Å². The molecule has 2 heteroatoms. The number of benzene rings is 1. The number of carbonyl (C=O) groups is 1. The maximum absolute atomic E-state index is 11.0. The van der Waals surface area contributed by atoms with Crippen molar-refractivity contribution in [1.82, 2.24) is 0 Å². The van der Waals surface area contributed by atoms with E-state index in [1.807, 2.05) is 12.1 Å². The van der Waals surface area contributed by atoms with E-state index in [-0.39, 0.29) is 11.3 Å². The van der Waals surface area contributed by atoms with Crippen molar-refractivity contribution in [3.63, 3.8) is 0 Å². The highest BCUT2D eigenvalue weighted by molar-refractivity contribution is 5.68. The number of hydrogen-bond donors (Lipinski definition) is 1. The second kappa shape index (κ2) is 2.63. The maximum atomic E-state index is 11.0. The molecule has 0 radical (unpaired) electrons. The number of aryl methyl sites for hydroxylation is 1. The van der Waals surface area contributed by atoms with Crippen LogP contribution in [0.1, 0.15) is 24.5 Å². The van der Waals surface area contributed by atoms with Gasteiger partial charge < -0.3 is 9.90 Å². The molecule has 0 amide bonds. The van der Waals surface area contributed by atoms with E-state index in [0.29, 0.717) is 11.7 Å². The van der Waals surface area contributed by atoms with Gasteiger partial charge in [0.05, 0.1) is 0 Å². The minimum absolute atomic E-state index is 0.116. The third-order valence-electron chi connectivity index (χ3n) is 4.38. The van der Waals surface area contributed by atoms with Crippen LogP contribution in [0.5, 0.6) is 5.75 Å². The summed E-state index contributed by atoms with van der Waals surface area (Å²) in [5, 5.41) is 9.41. The molecule has 0 aliphatic heterocycles.